The molecule has 3 N–H and O–H groups in total. The molecular weight excluding hydrogens is 268 g/mol. The van der Waals surface area contributed by atoms with E-state index >= 15 is 0 Å². The van der Waals surface area contributed by atoms with Gasteiger partial charge in [0.1, 0.15) is 0 Å². The van der Waals surface area contributed by atoms with E-state index in [2.05, 4.69) is 25.9 Å². The third-order valence-electron chi connectivity index (χ3n) is 3.71. The van der Waals surface area contributed by atoms with E-state index in [1.165, 1.54) is 90.0 Å². The summed E-state index contributed by atoms with van der Waals surface area (Å²) in [7, 11) is 4.33. The van der Waals surface area contributed by atoms with Crippen molar-refractivity contribution >= 4 is 12.4 Å². The van der Waals surface area contributed by atoms with Crippen LogP contribution in [0.1, 0.15) is 90.4 Å². The Labute approximate surface area is 135 Å². The lowest BCUT2D eigenvalue weighted by molar-refractivity contribution is 0.389. The third kappa shape index (κ3) is 23.3. The summed E-state index contributed by atoms with van der Waals surface area (Å²) in [5, 5.41) is 0. The number of unbranched alkanes of at least 4 members (excludes halogenated alkanes) is 12. The van der Waals surface area contributed by atoms with Crippen molar-refractivity contribution in [1.82, 2.24) is 11.1 Å². The summed E-state index contributed by atoms with van der Waals surface area (Å²) >= 11 is 0. The fraction of sp³-hybridized carbons (Fsp3) is 1.00. The fourth-order valence-corrected chi connectivity index (χ4v) is 2.45. The van der Waals surface area contributed by atoms with Crippen molar-refractivity contribution in [2.45, 2.75) is 90.4 Å². The van der Waals surface area contributed by atoms with Crippen LogP contribution >= 0.6 is 12.4 Å². The van der Waals surface area contributed by atoms with Crippen LogP contribution in [0.2, 0.25) is 0 Å². The van der Waals surface area contributed by atoms with E-state index in [9.17, 15) is 0 Å². The molecular formula is C17H41ClN2. The van der Waals surface area contributed by atoms with Gasteiger partial charge in [-0.05, 0) is 27.1 Å². The molecule has 20 heavy (non-hydrogen) atoms. The molecule has 0 saturated heterocycles. The predicted molar refractivity (Wildman–Crippen MR) is 96.5 cm³/mol. The minimum absolute atomic E-state index is 0. The molecule has 3 heteroatoms. The molecule has 0 rings (SSSR count). The van der Waals surface area contributed by atoms with Crippen molar-refractivity contribution in [3.63, 3.8) is 0 Å². The van der Waals surface area contributed by atoms with Gasteiger partial charge in [0, 0.05) is 0 Å². The Morgan fingerprint density at radius 3 is 1.15 bits per heavy atom. The van der Waals surface area contributed by atoms with Gasteiger partial charge in [-0.15, -0.1) is 12.4 Å². The molecule has 2 nitrogen and oxygen atoms in total. The number of halogens is 1. The Hall–Kier alpha value is 0.210. The molecule has 0 bridgehead atoms. The van der Waals surface area contributed by atoms with E-state index in [-0.39, 0.29) is 18.6 Å². The molecule has 0 spiro atoms. The number of nitrogens with zero attached hydrogens (tertiary/aromatic N) is 1. The van der Waals surface area contributed by atoms with Crippen molar-refractivity contribution in [2.75, 3.05) is 20.6 Å². The van der Waals surface area contributed by atoms with Crippen molar-refractivity contribution in [3.05, 3.63) is 0 Å². The first kappa shape index (κ1) is 25.2. The molecule has 0 radical (unpaired) electrons. The molecule has 0 aromatic carbocycles. The minimum Gasteiger partial charge on any atom is -0.344 e. The number of hydrogen-bond donors (Lipinski definition) is 1. The standard InChI is InChI=1S/C17H37N.ClH.H3N/c1-4-5-6-7-8-9-10-11-12-13-14-15-16-17-18(2)3;;/h4-17H2,1-3H3;1H;1H3. The van der Waals surface area contributed by atoms with E-state index in [0.717, 1.165) is 0 Å². The zero-order valence-corrected chi connectivity index (χ0v) is 15.3. The SMILES string of the molecule is CCCCCCCCCCCCCCCN(C)C.Cl.N. The number of hydrogen-bond acceptors (Lipinski definition) is 2. The maximum atomic E-state index is 2.29. The van der Waals surface area contributed by atoms with Crippen LogP contribution in [0.15, 0.2) is 0 Å². The van der Waals surface area contributed by atoms with Crippen LogP contribution in [-0.2, 0) is 0 Å². The van der Waals surface area contributed by atoms with Gasteiger partial charge in [-0.1, -0.05) is 84.0 Å². The summed E-state index contributed by atoms with van der Waals surface area (Å²) in [4.78, 5) is 2.29. The summed E-state index contributed by atoms with van der Waals surface area (Å²) in [5.41, 5.74) is 0. The highest BCUT2D eigenvalue weighted by atomic mass is 35.5. The van der Waals surface area contributed by atoms with Crippen LogP contribution in [0, 0.1) is 0 Å². The summed E-state index contributed by atoms with van der Waals surface area (Å²) in [6.45, 7) is 3.55. The van der Waals surface area contributed by atoms with Gasteiger partial charge in [-0.25, -0.2) is 0 Å². The average Bonchev–Trinajstić information content (AvgIpc) is 2.34. The molecule has 0 aliphatic heterocycles. The van der Waals surface area contributed by atoms with Crippen LogP contribution < -0.4 is 6.15 Å². The van der Waals surface area contributed by atoms with Gasteiger partial charge in [-0.3, -0.25) is 0 Å². The average molecular weight is 309 g/mol. The van der Waals surface area contributed by atoms with Crippen molar-refractivity contribution in [1.29, 1.82) is 0 Å². The van der Waals surface area contributed by atoms with E-state index in [4.69, 9.17) is 0 Å². The summed E-state index contributed by atoms with van der Waals surface area (Å²) in [6, 6.07) is 0. The monoisotopic (exact) mass is 308 g/mol. The Bertz CT molecular complexity index is 152. The molecule has 0 heterocycles. The zero-order chi connectivity index (χ0) is 13.5. The first-order valence-electron chi connectivity index (χ1n) is 8.42. The van der Waals surface area contributed by atoms with Crippen LogP contribution in [0.25, 0.3) is 0 Å². The van der Waals surface area contributed by atoms with Crippen molar-refractivity contribution in [3.8, 4) is 0 Å². The van der Waals surface area contributed by atoms with Gasteiger partial charge in [0.05, 0.1) is 0 Å². The second kappa shape index (κ2) is 21.5. The summed E-state index contributed by atoms with van der Waals surface area (Å²) < 4.78 is 0. The van der Waals surface area contributed by atoms with E-state index in [1.54, 1.807) is 0 Å². The van der Waals surface area contributed by atoms with E-state index in [1.807, 2.05) is 0 Å². The highest BCUT2D eigenvalue weighted by Crippen LogP contribution is 2.12. The van der Waals surface area contributed by atoms with Gasteiger partial charge in [-0.2, -0.15) is 0 Å². The predicted octanol–water partition coefficient (Wildman–Crippen LogP) is 6.22. The van der Waals surface area contributed by atoms with Gasteiger partial charge < -0.3 is 11.1 Å². The normalized spacial score (nSPS) is 10.2. The quantitative estimate of drug-likeness (QED) is 0.387. The number of rotatable bonds is 14. The molecule has 0 aliphatic carbocycles. The molecule has 126 valence electrons. The van der Waals surface area contributed by atoms with Gasteiger partial charge in [0.25, 0.3) is 0 Å². The molecule has 0 amide bonds. The molecule has 0 aromatic rings. The molecule has 0 saturated carbocycles. The second-order valence-corrected chi connectivity index (χ2v) is 6.05. The van der Waals surface area contributed by atoms with Crippen LogP contribution in [0.5, 0.6) is 0 Å². The largest absolute Gasteiger partial charge is 0.344 e. The highest BCUT2D eigenvalue weighted by molar-refractivity contribution is 5.85. The van der Waals surface area contributed by atoms with Gasteiger partial charge >= 0.3 is 0 Å². The van der Waals surface area contributed by atoms with Crippen molar-refractivity contribution in [2.24, 2.45) is 0 Å². The topological polar surface area (TPSA) is 38.2 Å². The smallest absolute Gasteiger partial charge is 0.00248 e. The lowest BCUT2D eigenvalue weighted by atomic mass is 10.0. The third-order valence-corrected chi connectivity index (χ3v) is 3.71. The lowest BCUT2D eigenvalue weighted by Gasteiger charge is -2.08. The van der Waals surface area contributed by atoms with Crippen LogP contribution in [-0.4, -0.2) is 25.5 Å². The van der Waals surface area contributed by atoms with Crippen molar-refractivity contribution < 1.29 is 0 Å². The Morgan fingerprint density at radius 1 is 0.550 bits per heavy atom. The maximum Gasteiger partial charge on any atom is -0.00248 e. The molecule has 0 aromatic heterocycles. The Kier molecular flexibility index (Phi) is 27.1. The Balaban J connectivity index is -0.00000144. The minimum atomic E-state index is 0. The first-order chi connectivity index (χ1) is 8.77. The molecule has 0 aliphatic rings. The first-order valence-corrected chi connectivity index (χ1v) is 8.42. The summed E-state index contributed by atoms with van der Waals surface area (Å²) in [5.74, 6) is 0. The van der Waals surface area contributed by atoms with E-state index in [0.29, 0.717) is 0 Å². The van der Waals surface area contributed by atoms with E-state index < -0.39 is 0 Å². The van der Waals surface area contributed by atoms with Crippen LogP contribution in [0.3, 0.4) is 0 Å². The molecule has 0 fully saturated rings. The second-order valence-electron chi connectivity index (χ2n) is 6.05. The van der Waals surface area contributed by atoms with Gasteiger partial charge in [0.2, 0.25) is 0 Å². The van der Waals surface area contributed by atoms with Gasteiger partial charge in [0.15, 0.2) is 0 Å². The highest BCUT2D eigenvalue weighted by Gasteiger charge is 1.94. The van der Waals surface area contributed by atoms with Crippen LogP contribution in [0.4, 0.5) is 0 Å². The summed E-state index contributed by atoms with van der Waals surface area (Å²) in [6.07, 6.45) is 18.8. The fourth-order valence-electron chi connectivity index (χ4n) is 2.45. The maximum absolute atomic E-state index is 2.29. The Morgan fingerprint density at radius 2 is 0.850 bits per heavy atom. The molecule has 0 atom stereocenters. The molecule has 0 unspecified atom stereocenters. The lowest BCUT2D eigenvalue weighted by Crippen LogP contribution is -2.12. The zero-order valence-electron chi connectivity index (χ0n) is 14.5.